The highest BCUT2D eigenvalue weighted by Crippen LogP contribution is 2.31. The van der Waals surface area contributed by atoms with Crippen molar-refractivity contribution in [3.63, 3.8) is 0 Å². The maximum atomic E-state index is 11.3. The Balaban J connectivity index is 1.24. The first kappa shape index (κ1) is 26.1. The number of carbonyl (C=O) groups is 1. The number of rotatable bonds is 8. The molecule has 1 unspecified atom stereocenters. The van der Waals surface area contributed by atoms with E-state index in [1.165, 1.54) is 5.56 Å². The fourth-order valence-corrected chi connectivity index (χ4v) is 5.68. The number of amides is 1. The molecule has 2 fully saturated rings. The number of aromatic nitrogens is 4. The Morgan fingerprint density at radius 1 is 1.08 bits per heavy atom. The summed E-state index contributed by atoms with van der Waals surface area (Å²) in [5.74, 6) is 2.07. The van der Waals surface area contributed by atoms with Crippen LogP contribution in [0.15, 0.2) is 28.7 Å². The molecular weight excluding hydrogens is 484 g/mol. The highest BCUT2D eigenvalue weighted by molar-refractivity contribution is 5.78. The van der Waals surface area contributed by atoms with Gasteiger partial charge in [-0.05, 0) is 57.0 Å². The van der Waals surface area contributed by atoms with Crippen molar-refractivity contribution < 1.29 is 14.3 Å². The molecule has 1 amide bonds. The third-order valence-electron chi connectivity index (χ3n) is 7.64. The molecule has 0 bridgehead atoms. The lowest BCUT2D eigenvalue weighted by atomic mass is 9.97. The molecule has 4 heterocycles. The van der Waals surface area contributed by atoms with Gasteiger partial charge in [0.15, 0.2) is 17.3 Å². The van der Waals surface area contributed by atoms with Crippen LogP contribution in [-0.4, -0.2) is 86.3 Å². The second kappa shape index (κ2) is 11.4. The molecule has 5 rings (SSSR count). The number of anilines is 2. The Kier molecular flexibility index (Phi) is 7.85. The molecule has 3 aromatic rings. The van der Waals surface area contributed by atoms with Crippen LogP contribution in [0.2, 0.25) is 0 Å². The molecule has 2 saturated heterocycles. The summed E-state index contributed by atoms with van der Waals surface area (Å²) < 4.78 is 5.54. The minimum Gasteiger partial charge on any atom is -0.508 e. The van der Waals surface area contributed by atoms with Crippen LogP contribution in [0.5, 0.6) is 5.75 Å². The molecule has 11 nitrogen and oxygen atoms in total. The number of piperazine rings is 1. The SMILES string of the molecule is CCC1CN(c2nc(NC=O)c(-c3nnc(C)o3)nc2C)CCN1C1CCN(Cc2ccc(O)cc2)CC1. The molecule has 0 radical (unpaired) electrons. The van der Waals surface area contributed by atoms with E-state index in [0.717, 1.165) is 70.0 Å². The van der Waals surface area contributed by atoms with Gasteiger partial charge in [0, 0.05) is 45.2 Å². The summed E-state index contributed by atoms with van der Waals surface area (Å²) in [7, 11) is 0. The van der Waals surface area contributed by atoms with Crippen molar-refractivity contribution in [3.05, 3.63) is 41.4 Å². The Labute approximate surface area is 222 Å². The first-order valence-corrected chi connectivity index (χ1v) is 13.4. The van der Waals surface area contributed by atoms with Gasteiger partial charge in [-0.2, -0.15) is 0 Å². The van der Waals surface area contributed by atoms with Crippen molar-refractivity contribution in [2.75, 3.05) is 42.9 Å². The molecule has 1 aromatic carbocycles. The van der Waals surface area contributed by atoms with Crippen LogP contribution in [0, 0.1) is 13.8 Å². The van der Waals surface area contributed by atoms with Gasteiger partial charge in [-0.15, -0.1) is 10.2 Å². The van der Waals surface area contributed by atoms with Gasteiger partial charge in [-0.25, -0.2) is 9.97 Å². The summed E-state index contributed by atoms with van der Waals surface area (Å²) in [5, 5.41) is 20.1. The van der Waals surface area contributed by atoms with Crippen molar-refractivity contribution in [1.29, 1.82) is 0 Å². The number of carbonyl (C=O) groups excluding carboxylic acids is 1. The van der Waals surface area contributed by atoms with Crippen molar-refractivity contribution in [3.8, 4) is 17.3 Å². The second-order valence-corrected chi connectivity index (χ2v) is 10.1. The van der Waals surface area contributed by atoms with Gasteiger partial charge in [0.05, 0.1) is 5.69 Å². The highest BCUT2D eigenvalue weighted by Gasteiger charge is 2.34. The van der Waals surface area contributed by atoms with Gasteiger partial charge in [0.25, 0.3) is 5.89 Å². The van der Waals surface area contributed by atoms with Gasteiger partial charge in [0.2, 0.25) is 12.3 Å². The number of phenolic OH excluding ortho intramolecular Hbond substituents is 1. The molecule has 0 aliphatic carbocycles. The second-order valence-electron chi connectivity index (χ2n) is 10.1. The molecular formula is C27H36N8O3. The van der Waals surface area contributed by atoms with Gasteiger partial charge in [-0.1, -0.05) is 19.1 Å². The molecule has 2 aliphatic rings. The van der Waals surface area contributed by atoms with E-state index in [-0.39, 0.29) is 5.89 Å². The topological polar surface area (TPSA) is 124 Å². The number of hydrogen-bond acceptors (Lipinski definition) is 10. The maximum absolute atomic E-state index is 11.3. The summed E-state index contributed by atoms with van der Waals surface area (Å²) in [5.41, 5.74) is 2.38. The molecule has 2 aromatic heterocycles. The van der Waals surface area contributed by atoms with E-state index in [1.807, 2.05) is 19.1 Å². The van der Waals surface area contributed by atoms with E-state index in [2.05, 4.69) is 37.1 Å². The maximum Gasteiger partial charge on any atom is 0.270 e. The Morgan fingerprint density at radius 3 is 2.50 bits per heavy atom. The Hall–Kier alpha value is -3.57. The summed E-state index contributed by atoms with van der Waals surface area (Å²) in [6.07, 6.45) is 3.95. The summed E-state index contributed by atoms with van der Waals surface area (Å²) in [6, 6.07) is 8.52. The van der Waals surface area contributed by atoms with Crippen LogP contribution >= 0.6 is 0 Å². The third-order valence-corrected chi connectivity index (χ3v) is 7.64. The van der Waals surface area contributed by atoms with E-state index in [1.54, 1.807) is 19.1 Å². The number of nitrogens with one attached hydrogen (secondary N) is 1. The van der Waals surface area contributed by atoms with Crippen LogP contribution in [-0.2, 0) is 11.3 Å². The number of likely N-dealkylation sites (tertiary alicyclic amines) is 1. The van der Waals surface area contributed by atoms with E-state index >= 15 is 0 Å². The molecule has 2 aliphatic heterocycles. The van der Waals surface area contributed by atoms with E-state index in [4.69, 9.17) is 14.4 Å². The van der Waals surface area contributed by atoms with Crippen LogP contribution in [0.1, 0.15) is 43.3 Å². The predicted octanol–water partition coefficient (Wildman–Crippen LogP) is 2.98. The van der Waals surface area contributed by atoms with E-state index < -0.39 is 0 Å². The molecule has 11 heteroatoms. The lowest BCUT2D eigenvalue weighted by Gasteiger charge is -2.48. The van der Waals surface area contributed by atoms with E-state index in [0.29, 0.717) is 41.6 Å². The zero-order chi connectivity index (χ0) is 26.6. The number of hydrogen-bond donors (Lipinski definition) is 2. The minimum absolute atomic E-state index is 0.238. The first-order chi connectivity index (χ1) is 18.4. The average molecular weight is 521 g/mol. The standard InChI is InChI=1S/C27H36N8O3/c1-4-21-16-34(26-18(2)29-24(25(30-26)28-17-36)27-32-31-19(3)38-27)13-14-35(21)22-9-11-33(12-10-22)15-20-5-7-23(37)8-6-20/h5-8,17,21-22,37H,4,9-16H2,1-3H3,(H,28,30,36). The third kappa shape index (κ3) is 5.63. The van der Waals surface area contributed by atoms with Gasteiger partial charge in [0.1, 0.15) is 5.75 Å². The van der Waals surface area contributed by atoms with Gasteiger partial charge < -0.3 is 19.7 Å². The predicted molar refractivity (Wildman–Crippen MR) is 144 cm³/mol. The van der Waals surface area contributed by atoms with Crippen molar-refractivity contribution >= 4 is 18.0 Å². The summed E-state index contributed by atoms with van der Waals surface area (Å²) >= 11 is 0. The zero-order valence-electron chi connectivity index (χ0n) is 22.3. The summed E-state index contributed by atoms with van der Waals surface area (Å²) in [4.78, 5) is 28.3. The average Bonchev–Trinajstić information content (AvgIpc) is 3.37. The minimum atomic E-state index is 0.238. The number of benzene rings is 1. The fraction of sp³-hybridized carbons (Fsp3) is 0.519. The van der Waals surface area contributed by atoms with Crippen molar-refractivity contribution in [2.24, 2.45) is 0 Å². The fourth-order valence-electron chi connectivity index (χ4n) is 5.68. The van der Waals surface area contributed by atoms with Crippen LogP contribution in [0.25, 0.3) is 11.6 Å². The van der Waals surface area contributed by atoms with Crippen LogP contribution < -0.4 is 10.2 Å². The first-order valence-electron chi connectivity index (χ1n) is 13.4. The monoisotopic (exact) mass is 520 g/mol. The number of aromatic hydroxyl groups is 1. The molecule has 202 valence electrons. The number of piperidine rings is 1. The lowest BCUT2D eigenvalue weighted by molar-refractivity contribution is -0.105. The number of aryl methyl sites for hydroxylation is 2. The van der Waals surface area contributed by atoms with Gasteiger partial charge >= 0.3 is 0 Å². The Bertz CT molecular complexity index is 1240. The highest BCUT2D eigenvalue weighted by atomic mass is 16.4. The molecule has 38 heavy (non-hydrogen) atoms. The molecule has 0 saturated carbocycles. The molecule has 1 atom stereocenters. The van der Waals surface area contributed by atoms with Crippen molar-refractivity contribution in [1.82, 2.24) is 30.0 Å². The Morgan fingerprint density at radius 2 is 1.84 bits per heavy atom. The largest absolute Gasteiger partial charge is 0.508 e. The zero-order valence-corrected chi connectivity index (χ0v) is 22.3. The van der Waals surface area contributed by atoms with Crippen molar-refractivity contribution in [2.45, 2.75) is 58.7 Å². The number of phenols is 1. The normalized spacial score (nSPS) is 19.6. The summed E-state index contributed by atoms with van der Waals surface area (Å²) in [6.45, 7) is 11.6. The quantitative estimate of drug-likeness (QED) is 0.428. The number of nitrogens with zero attached hydrogens (tertiary/aromatic N) is 7. The van der Waals surface area contributed by atoms with Crippen LogP contribution in [0.3, 0.4) is 0 Å². The van der Waals surface area contributed by atoms with Crippen LogP contribution in [0.4, 0.5) is 11.6 Å². The lowest BCUT2D eigenvalue weighted by Crippen LogP contribution is -2.58. The van der Waals surface area contributed by atoms with Gasteiger partial charge in [-0.3, -0.25) is 14.6 Å². The molecule has 2 N–H and O–H groups in total. The van der Waals surface area contributed by atoms with E-state index in [9.17, 15) is 9.90 Å². The molecule has 0 spiro atoms. The smallest absolute Gasteiger partial charge is 0.270 e.